The third-order valence-electron chi connectivity index (χ3n) is 4.84. The van der Waals surface area contributed by atoms with Gasteiger partial charge in [0.15, 0.2) is 0 Å². The third-order valence-corrected chi connectivity index (χ3v) is 4.84. The van der Waals surface area contributed by atoms with Gasteiger partial charge < -0.3 is 14.8 Å². The fraction of sp³-hybridized carbons (Fsp3) is 0.300. The van der Waals surface area contributed by atoms with Crippen LogP contribution in [0.15, 0.2) is 42.5 Å². The summed E-state index contributed by atoms with van der Waals surface area (Å²) in [5.41, 5.74) is -0.437. The van der Waals surface area contributed by atoms with E-state index in [-0.39, 0.29) is 17.7 Å². The number of hydrogen-bond acceptors (Lipinski definition) is 4. The van der Waals surface area contributed by atoms with E-state index in [0.29, 0.717) is 11.3 Å². The van der Waals surface area contributed by atoms with Gasteiger partial charge in [-0.25, -0.2) is 0 Å². The van der Waals surface area contributed by atoms with Crippen molar-refractivity contribution in [2.75, 3.05) is 19.5 Å². The first-order valence-corrected chi connectivity index (χ1v) is 8.48. The zero-order valence-corrected chi connectivity index (χ0v) is 15.2. The van der Waals surface area contributed by atoms with Crippen molar-refractivity contribution in [2.45, 2.75) is 18.5 Å². The molecule has 0 bridgehead atoms. The minimum atomic E-state index is -4.60. The highest BCUT2D eigenvalue weighted by molar-refractivity contribution is 6.06. The quantitative estimate of drug-likeness (QED) is 0.637. The Morgan fingerprint density at radius 3 is 2.46 bits per heavy atom. The molecule has 2 aromatic rings. The van der Waals surface area contributed by atoms with Gasteiger partial charge in [-0.1, -0.05) is 24.3 Å². The monoisotopic (exact) mass is 393 g/mol. The van der Waals surface area contributed by atoms with Gasteiger partial charge in [0.1, 0.15) is 11.7 Å². The molecule has 1 aliphatic rings. The molecule has 148 valence electrons. The number of anilines is 1. The Kier molecular flexibility index (Phi) is 5.31. The lowest BCUT2D eigenvalue weighted by atomic mass is 9.80. The first-order chi connectivity index (χ1) is 13.3. The van der Waals surface area contributed by atoms with E-state index in [2.05, 4.69) is 5.32 Å². The minimum absolute atomic E-state index is 0.0335. The van der Waals surface area contributed by atoms with E-state index in [4.69, 9.17) is 9.47 Å². The van der Waals surface area contributed by atoms with E-state index < -0.39 is 35.5 Å². The molecule has 1 amide bonds. The Labute approximate surface area is 159 Å². The first kappa shape index (κ1) is 19.7. The van der Waals surface area contributed by atoms with Crippen LogP contribution in [0.1, 0.15) is 22.6 Å². The van der Waals surface area contributed by atoms with Crippen molar-refractivity contribution in [1.82, 2.24) is 0 Å². The summed E-state index contributed by atoms with van der Waals surface area (Å²) in [5, 5.41) is 2.46. The van der Waals surface area contributed by atoms with Crippen LogP contribution in [0, 0.1) is 5.92 Å². The van der Waals surface area contributed by atoms with E-state index in [1.54, 1.807) is 24.3 Å². The summed E-state index contributed by atoms with van der Waals surface area (Å²) in [6, 6.07) is 10.2. The van der Waals surface area contributed by atoms with Crippen LogP contribution in [-0.2, 0) is 26.9 Å². The number of esters is 1. The highest BCUT2D eigenvalue weighted by atomic mass is 19.4. The molecule has 0 saturated heterocycles. The van der Waals surface area contributed by atoms with Crippen molar-refractivity contribution in [3.8, 4) is 5.75 Å². The van der Waals surface area contributed by atoms with Gasteiger partial charge in [-0.15, -0.1) is 0 Å². The van der Waals surface area contributed by atoms with E-state index in [1.165, 1.54) is 19.2 Å². The fourth-order valence-electron chi connectivity index (χ4n) is 3.58. The molecule has 28 heavy (non-hydrogen) atoms. The molecule has 1 N–H and O–H groups in total. The van der Waals surface area contributed by atoms with Crippen molar-refractivity contribution in [2.24, 2.45) is 5.92 Å². The molecule has 8 heteroatoms. The lowest BCUT2D eigenvalue weighted by Gasteiger charge is -2.24. The minimum Gasteiger partial charge on any atom is -0.496 e. The Balaban J connectivity index is 2.22. The zero-order valence-electron chi connectivity index (χ0n) is 15.2. The summed E-state index contributed by atoms with van der Waals surface area (Å²) in [5.74, 6) is -3.39. The summed E-state index contributed by atoms with van der Waals surface area (Å²) in [6.45, 7) is 0. The van der Waals surface area contributed by atoms with Crippen LogP contribution in [0.25, 0.3) is 0 Å². The number of benzene rings is 2. The van der Waals surface area contributed by atoms with Gasteiger partial charge in [0.05, 0.1) is 19.8 Å². The number of carbonyl (C=O) groups excluding carboxylic acids is 2. The number of nitrogens with one attached hydrogen (secondary N) is 1. The van der Waals surface area contributed by atoms with Crippen molar-refractivity contribution >= 4 is 17.6 Å². The maximum atomic E-state index is 13.6. The van der Waals surface area contributed by atoms with Gasteiger partial charge in [0.2, 0.25) is 5.91 Å². The number of methoxy groups -OCH3 is 2. The maximum Gasteiger partial charge on any atom is 0.416 e. The normalized spacial score (nSPS) is 19.2. The molecule has 5 nitrogen and oxygen atoms in total. The molecule has 0 saturated carbocycles. The highest BCUT2D eigenvalue weighted by Crippen LogP contribution is 2.43. The first-order valence-electron chi connectivity index (χ1n) is 8.48. The predicted molar refractivity (Wildman–Crippen MR) is 95.0 cm³/mol. The SMILES string of the molecule is COC(=O)C1C(=O)Nc2cccc(C(F)(F)F)c2CC1c1ccccc1OC. The Morgan fingerprint density at radius 2 is 1.82 bits per heavy atom. The largest absolute Gasteiger partial charge is 0.496 e. The Bertz CT molecular complexity index is 911. The molecule has 0 fully saturated rings. The molecule has 0 aromatic heterocycles. The van der Waals surface area contributed by atoms with E-state index in [9.17, 15) is 22.8 Å². The zero-order chi connectivity index (χ0) is 20.5. The Morgan fingerprint density at radius 1 is 1.11 bits per heavy atom. The smallest absolute Gasteiger partial charge is 0.416 e. The average molecular weight is 393 g/mol. The van der Waals surface area contributed by atoms with Crippen molar-refractivity contribution in [3.05, 3.63) is 59.2 Å². The number of amides is 1. The molecule has 1 aliphatic heterocycles. The van der Waals surface area contributed by atoms with Gasteiger partial charge in [0, 0.05) is 11.6 Å². The molecular formula is C20H18F3NO4. The highest BCUT2D eigenvalue weighted by Gasteiger charge is 2.43. The summed E-state index contributed by atoms with van der Waals surface area (Å²) < 4.78 is 50.8. The molecule has 2 atom stereocenters. The number of para-hydroxylation sites is 1. The van der Waals surface area contributed by atoms with E-state index in [0.717, 1.165) is 13.2 Å². The summed E-state index contributed by atoms with van der Waals surface area (Å²) in [7, 11) is 2.55. The van der Waals surface area contributed by atoms with E-state index in [1.807, 2.05) is 0 Å². The number of halogens is 3. The molecule has 1 heterocycles. The van der Waals surface area contributed by atoms with Gasteiger partial charge >= 0.3 is 12.1 Å². The van der Waals surface area contributed by atoms with Crippen LogP contribution in [0.5, 0.6) is 5.75 Å². The number of fused-ring (bicyclic) bond motifs is 1. The second-order valence-corrected chi connectivity index (χ2v) is 6.37. The third kappa shape index (κ3) is 3.54. The second-order valence-electron chi connectivity index (χ2n) is 6.37. The molecule has 2 aromatic carbocycles. The predicted octanol–water partition coefficient (Wildman–Crippen LogP) is 3.78. The summed E-state index contributed by atoms with van der Waals surface area (Å²) >= 11 is 0. The fourth-order valence-corrected chi connectivity index (χ4v) is 3.58. The summed E-state index contributed by atoms with van der Waals surface area (Å²) in [4.78, 5) is 25.2. The number of rotatable bonds is 3. The summed E-state index contributed by atoms with van der Waals surface area (Å²) in [6.07, 6.45) is -4.80. The van der Waals surface area contributed by atoms with Gasteiger partial charge in [-0.2, -0.15) is 13.2 Å². The lowest BCUT2D eigenvalue weighted by Crippen LogP contribution is -2.34. The Hall–Kier alpha value is -3.03. The molecular weight excluding hydrogens is 375 g/mol. The number of ether oxygens (including phenoxy) is 2. The molecule has 3 rings (SSSR count). The van der Waals surface area contributed by atoms with Crippen LogP contribution < -0.4 is 10.1 Å². The van der Waals surface area contributed by atoms with Crippen LogP contribution in [0.2, 0.25) is 0 Å². The van der Waals surface area contributed by atoms with Crippen LogP contribution in [0.4, 0.5) is 18.9 Å². The van der Waals surface area contributed by atoms with Gasteiger partial charge in [0.25, 0.3) is 0 Å². The van der Waals surface area contributed by atoms with Crippen LogP contribution in [-0.4, -0.2) is 26.1 Å². The molecule has 0 aliphatic carbocycles. The van der Waals surface area contributed by atoms with Crippen molar-refractivity contribution in [3.63, 3.8) is 0 Å². The molecule has 0 radical (unpaired) electrons. The van der Waals surface area contributed by atoms with Gasteiger partial charge in [-0.05, 0) is 35.7 Å². The van der Waals surface area contributed by atoms with Crippen LogP contribution >= 0.6 is 0 Å². The number of hydrogen-bond donors (Lipinski definition) is 1. The molecule has 0 spiro atoms. The van der Waals surface area contributed by atoms with Gasteiger partial charge in [-0.3, -0.25) is 9.59 Å². The number of alkyl halides is 3. The van der Waals surface area contributed by atoms with Crippen LogP contribution in [0.3, 0.4) is 0 Å². The topological polar surface area (TPSA) is 64.6 Å². The van der Waals surface area contributed by atoms with Crippen molar-refractivity contribution in [1.29, 1.82) is 0 Å². The second kappa shape index (κ2) is 7.53. The van der Waals surface area contributed by atoms with E-state index >= 15 is 0 Å². The molecule has 2 unspecified atom stereocenters. The van der Waals surface area contributed by atoms with Crippen molar-refractivity contribution < 1.29 is 32.2 Å². The standard InChI is InChI=1S/C20H18F3NO4/c1-27-16-9-4-3-6-11(16)12-10-13-14(20(21,22)23)7-5-8-15(13)24-18(25)17(12)19(26)28-2/h3-9,12,17H,10H2,1-2H3,(H,24,25). The average Bonchev–Trinajstić information content (AvgIpc) is 2.81. The maximum absolute atomic E-state index is 13.6. The lowest BCUT2D eigenvalue weighted by molar-refractivity contribution is -0.149. The number of carbonyl (C=O) groups is 2.